The normalized spacial score (nSPS) is 19.5. The van der Waals surface area contributed by atoms with Crippen LogP contribution in [-0.4, -0.2) is 25.2 Å². The Hall–Kier alpha value is -1.80. The molecule has 1 saturated carbocycles. The molecule has 25 heavy (non-hydrogen) atoms. The van der Waals surface area contributed by atoms with E-state index < -0.39 is 0 Å². The van der Waals surface area contributed by atoms with Gasteiger partial charge in [-0.15, -0.1) is 0 Å². The molecule has 4 rings (SSSR count). The van der Waals surface area contributed by atoms with E-state index in [0.29, 0.717) is 0 Å². The monoisotopic (exact) mass is 334 g/mol. The molecule has 0 atom stereocenters. The van der Waals surface area contributed by atoms with Crippen LogP contribution in [0.25, 0.3) is 11.1 Å². The van der Waals surface area contributed by atoms with Crippen LogP contribution >= 0.6 is 0 Å². The van der Waals surface area contributed by atoms with Gasteiger partial charge in [0.15, 0.2) is 0 Å². The third-order valence-electron chi connectivity index (χ3n) is 6.05. The summed E-state index contributed by atoms with van der Waals surface area (Å²) in [5, 5.41) is 3.91. The molecule has 0 bridgehead atoms. The predicted molar refractivity (Wildman–Crippen MR) is 107 cm³/mol. The molecule has 2 heteroatoms. The van der Waals surface area contributed by atoms with E-state index in [-0.39, 0.29) is 0 Å². The lowest BCUT2D eigenvalue weighted by molar-refractivity contribution is 0.367. The molecule has 0 amide bonds. The summed E-state index contributed by atoms with van der Waals surface area (Å²) in [5.41, 5.74) is 5.51. The van der Waals surface area contributed by atoms with Crippen molar-refractivity contribution in [3.8, 4) is 11.1 Å². The minimum atomic E-state index is 0.719. The minimum Gasteiger partial charge on any atom is -0.371 e. The molecule has 0 aromatic heterocycles. The van der Waals surface area contributed by atoms with Crippen molar-refractivity contribution >= 4 is 5.69 Å². The molecule has 2 aromatic rings. The van der Waals surface area contributed by atoms with Crippen molar-refractivity contribution in [3.05, 3.63) is 54.1 Å². The van der Waals surface area contributed by atoms with Crippen LogP contribution in [0.2, 0.25) is 0 Å². The van der Waals surface area contributed by atoms with E-state index in [0.717, 1.165) is 12.1 Å². The third-order valence-corrected chi connectivity index (χ3v) is 6.05. The van der Waals surface area contributed by atoms with E-state index in [4.69, 9.17) is 0 Å². The number of hydrogen-bond acceptors (Lipinski definition) is 2. The average Bonchev–Trinajstić information content (AvgIpc) is 3.17. The molecule has 1 heterocycles. The van der Waals surface area contributed by atoms with Gasteiger partial charge in [0.2, 0.25) is 0 Å². The van der Waals surface area contributed by atoms with Gasteiger partial charge in [0.25, 0.3) is 0 Å². The Labute approximate surface area is 152 Å². The molecular formula is C23H30N2. The molecule has 0 radical (unpaired) electrons. The highest BCUT2D eigenvalue weighted by Gasteiger charge is 2.24. The van der Waals surface area contributed by atoms with Gasteiger partial charge in [-0.05, 0) is 55.4 Å². The van der Waals surface area contributed by atoms with E-state index >= 15 is 0 Å². The molecule has 2 nitrogen and oxygen atoms in total. The molecule has 0 unspecified atom stereocenters. The first-order valence-corrected chi connectivity index (χ1v) is 9.97. The summed E-state index contributed by atoms with van der Waals surface area (Å²) in [6.07, 6.45) is 8.15. The quantitative estimate of drug-likeness (QED) is 0.830. The van der Waals surface area contributed by atoms with Crippen molar-refractivity contribution in [2.75, 3.05) is 18.0 Å². The smallest absolute Gasteiger partial charge is 0.0402 e. The Kier molecular flexibility index (Phi) is 5.07. The molecule has 0 spiro atoms. The number of nitrogens with zero attached hydrogens (tertiary/aromatic N) is 1. The van der Waals surface area contributed by atoms with Crippen LogP contribution in [0.3, 0.4) is 0 Å². The zero-order valence-corrected chi connectivity index (χ0v) is 15.4. The van der Waals surface area contributed by atoms with Gasteiger partial charge in [0.05, 0.1) is 0 Å². The van der Waals surface area contributed by atoms with Gasteiger partial charge in [0.1, 0.15) is 0 Å². The maximum Gasteiger partial charge on any atom is 0.0402 e. The summed E-state index contributed by atoms with van der Waals surface area (Å²) >= 11 is 0. The number of piperidine rings is 1. The molecule has 2 aliphatic rings. The highest BCUT2D eigenvalue weighted by Crippen LogP contribution is 2.32. The van der Waals surface area contributed by atoms with Crippen LogP contribution in [0.1, 0.15) is 44.1 Å². The Balaban J connectivity index is 1.44. The lowest BCUT2D eigenvalue weighted by Crippen LogP contribution is -2.45. The predicted octanol–water partition coefficient (Wildman–Crippen LogP) is 5.16. The van der Waals surface area contributed by atoms with Gasteiger partial charge >= 0.3 is 0 Å². The van der Waals surface area contributed by atoms with Gasteiger partial charge in [-0.3, -0.25) is 0 Å². The van der Waals surface area contributed by atoms with Gasteiger partial charge < -0.3 is 10.2 Å². The minimum absolute atomic E-state index is 0.719. The van der Waals surface area contributed by atoms with E-state index in [1.165, 1.54) is 74.0 Å². The Bertz CT molecular complexity index is 680. The summed E-state index contributed by atoms with van der Waals surface area (Å²) in [6, 6.07) is 19.0. The van der Waals surface area contributed by atoms with Crippen molar-refractivity contribution in [2.24, 2.45) is 0 Å². The van der Waals surface area contributed by atoms with Gasteiger partial charge in [-0.25, -0.2) is 0 Å². The first-order valence-electron chi connectivity index (χ1n) is 9.97. The lowest BCUT2D eigenvalue weighted by atomic mass is 9.97. The van der Waals surface area contributed by atoms with Gasteiger partial charge in [-0.1, -0.05) is 55.3 Å². The van der Waals surface area contributed by atoms with E-state index in [9.17, 15) is 0 Å². The van der Waals surface area contributed by atoms with Crippen LogP contribution in [-0.2, 0) is 0 Å². The lowest BCUT2D eigenvalue weighted by Gasteiger charge is -2.36. The second-order valence-corrected chi connectivity index (χ2v) is 7.73. The first kappa shape index (κ1) is 16.7. The highest BCUT2D eigenvalue weighted by atomic mass is 15.2. The first-order chi connectivity index (χ1) is 12.3. The van der Waals surface area contributed by atoms with Crippen LogP contribution in [0.15, 0.2) is 48.5 Å². The number of anilines is 1. The third kappa shape index (κ3) is 3.74. The van der Waals surface area contributed by atoms with Crippen molar-refractivity contribution in [3.63, 3.8) is 0 Å². The maximum atomic E-state index is 3.91. The topological polar surface area (TPSA) is 15.3 Å². The van der Waals surface area contributed by atoms with Crippen LogP contribution in [0.4, 0.5) is 5.69 Å². The van der Waals surface area contributed by atoms with Crippen molar-refractivity contribution in [2.45, 2.75) is 57.5 Å². The van der Waals surface area contributed by atoms with Crippen molar-refractivity contribution in [1.82, 2.24) is 5.32 Å². The Morgan fingerprint density at radius 2 is 1.48 bits per heavy atom. The second-order valence-electron chi connectivity index (χ2n) is 7.73. The SMILES string of the molecule is Cc1c(-c2ccccc2)cccc1N1CCC(NC2CCCC2)CC1. The second kappa shape index (κ2) is 7.61. The molecule has 1 N–H and O–H groups in total. The summed E-state index contributed by atoms with van der Waals surface area (Å²) in [4.78, 5) is 2.59. The molecule has 2 fully saturated rings. The number of rotatable bonds is 4. The zero-order valence-electron chi connectivity index (χ0n) is 15.4. The van der Waals surface area contributed by atoms with Crippen LogP contribution in [0.5, 0.6) is 0 Å². The summed E-state index contributed by atoms with van der Waals surface area (Å²) < 4.78 is 0. The standard InChI is InChI=1S/C23H30N2/c1-18-22(19-8-3-2-4-9-19)12-7-13-23(18)25-16-14-21(15-17-25)24-20-10-5-6-11-20/h2-4,7-9,12-13,20-21,24H,5-6,10-11,14-17H2,1H3. The highest BCUT2D eigenvalue weighted by molar-refractivity contribution is 5.74. The number of hydrogen-bond donors (Lipinski definition) is 1. The molecule has 2 aromatic carbocycles. The summed E-state index contributed by atoms with van der Waals surface area (Å²) in [7, 11) is 0. The van der Waals surface area contributed by atoms with Gasteiger partial charge in [0, 0.05) is 30.9 Å². The number of nitrogens with one attached hydrogen (secondary N) is 1. The zero-order chi connectivity index (χ0) is 17.1. The summed E-state index contributed by atoms with van der Waals surface area (Å²) in [5.74, 6) is 0. The summed E-state index contributed by atoms with van der Waals surface area (Å²) in [6.45, 7) is 4.62. The molecule has 1 aliphatic heterocycles. The Morgan fingerprint density at radius 3 is 2.20 bits per heavy atom. The molecular weight excluding hydrogens is 304 g/mol. The fourth-order valence-electron chi connectivity index (χ4n) is 4.61. The fourth-order valence-corrected chi connectivity index (χ4v) is 4.61. The molecule has 1 saturated heterocycles. The van der Waals surface area contributed by atoms with E-state index in [2.05, 4.69) is 65.7 Å². The van der Waals surface area contributed by atoms with E-state index in [1.807, 2.05) is 0 Å². The van der Waals surface area contributed by atoms with E-state index in [1.54, 1.807) is 0 Å². The van der Waals surface area contributed by atoms with Crippen molar-refractivity contribution in [1.29, 1.82) is 0 Å². The molecule has 132 valence electrons. The largest absolute Gasteiger partial charge is 0.371 e. The number of benzene rings is 2. The fraction of sp³-hybridized carbons (Fsp3) is 0.478. The maximum absolute atomic E-state index is 3.91. The average molecular weight is 335 g/mol. The van der Waals surface area contributed by atoms with Crippen LogP contribution in [0, 0.1) is 6.92 Å². The van der Waals surface area contributed by atoms with Crippen molar-refractivity contribution < 1.29 is 0 Å². The Morgan fingerprint density at radius 1 is 0.800 bits per heavy atom. The van der Waals surface area contributed by atoms with Crippen LogP contribution < -0.4 is 10.2 Å². The molecule has 1 aliphatic carbocycles. The van der Waals surface area contributed by atoms with Gasteiger partial charge in [-0.2, -0.15) is 0 Å².